The fourth-order valence-corrected chi connectivity index (χ4v) is 2.69. The number of halogens is 1. The zero-order valence-corrected chi connectivity index (χ0v) is 16.5. The molecule has 0 unspecified atom stereocenters. The molecular formula is C23H23ClN2O2. The van der Waals surface area contributed by atoms with Crippen LogP contribution in [0.1, 0.15) is 16.7 Å². The molecule has 0 bridgehead atoms. The van der Waals surface area contributed by atoms with E-state index in [0.717, 1.165) is 22.6 Å². The average Bonchev–Trinajstić information content (AvgIpc) is 2.72. The normalized spacial score (nSPS) is 10.4. The van der Waals surface area contributed by atoms with Gasteiger partial charge in [0.05, 0.1) is 6.54 Å². The van der Waals surface area contributed by atoms with Crippen molar-refractivity contribution in [2.75, 3.05) is 11.9 Å². The molecule has 2 N–H and O–H groups in total. The van der Waals surface area contributed by atoms with Crippen LogP contribution in [0, 0.1) is 6.92 Å². The van der Waals surface area contributed by atoms with Crippen LogP contribution in [0.25, 0.3) is 0 Å². The van der Waals surface area contributed by atoms with Gasteiger partial charge in [-0.05, 0) is 54.4 Å². The minimum Gasteiger partial charge on any atom is -0.489 e. The van der Waals surface area contributed by atoms with E-state index in [1.807, 2.05) is 79.7 Å². The summed E-state index contributed by atoms with van der Waals surface area (Å²) in [6.07, 6.45) is 0. The van der Waals surface area contributed by atoms with Crippen LogP contribution < -0.4 is 15.4 Å². The first-order chi connectivity index (χ1) is 13.6. The summed E-state index contributed by atoms with van der Waals surface area (Å²) in [5.41, 5.74) is 4.21. The van der Waals surface area contributed by atoms with Gasteiger partial charge in [-0.25, -0.2) is 0 Å². The molecule has 0 fully saturated rings. The van der Waals surface area contributed by atoms with Crippen molar-refractivity contribution >= 4 is 23.2 Å². The molecule has 28 heavy (non-hydrogen) atoms. The van der Waals surface area contributed by atoms with Crippen molar-refractivity contribution in [1.29, 1.82) is 0 Å². The first-order valence-corrected chi connectivity index (χ1v) is 9.50. The monoisotopic (exact) mass is 394 g/mol. The van der Waals surface area contributed by atoms with Crippen molar-refractivity contribution in [3.8, 4) is 5.75 Å². The Kier molecular flexibility index (Phi) is 6.93. The lowest BCUT2D eigenvalue weighted by Crippen LogP contribution is -2.29. The van der Waals surface area contributed by atoms with Gasteiger partial charge < -0.3 is 15.4 Å². The average molecular weight is 395 g/mol. The lowest BCUT2D eigenvalue weighted by Gasteiger charge is -2.10. The molecule has 0 atom stereocenters. The van der Waals surface area contributed by atoms with Crippen molar-refractivity contribution in [2.45, 2.75) is 20.1 Å². The van der Waals surface area contributed by atoms with Crippen molar-refractivity contribution in [3.05, 3.63) is 94.5 Å². The predicted octanol–water partition coefficient (Wildman–Crippen LogP) is 4.96. The molecule has 3 rings (SSSR count). The summed E-state index contributed by atoms with van der Waals surface area (Å²) in [6.45, 7) is 3.26. The Morgan fingerprint density at radius 3 is 2.21 bits per heavy atom. The molecule has 0 aliphatic carbocycles. The molecule has 0 saturated carbocycles. The van der Waals surface area contributed by atoms with E-state index in [9.17, 15) is 4.79 Å². The van der Waals surface area contributed by atoms with Crippen LogP contribution in [-0.2, 0) is 17.9 Å². The summed E-state index contributed by atoms with van der Waals surface area (Å²) in [7, 11) is 0. The Balaban J connectivity index is 1.40. The summed E-state index contributed by atoms with van der Waals surface area (Å²) in [6, 6.07) is 23.2. The van der Waals surface area contributed by atoms with Crippen molar-refractivity contribution in [3.63, 3.8) is 0 Å². The third-order valence-corrected chi connectivity index (χ3v) is 4.49. The SMILES string of the molecule is Cc1ccc(CNC(=O)CNc2ccc(OCc3ccc(Cl)cc3)cc2)cc1. The minimum atomic E-state index is -0.0522. The fourth-order valence-electron chi connectivity index (χ4n) is 2.57. The fraction of sp³-hybridized carbons (Fsp3) is 0.174. The van der Waals surface area contributed by atoms with Gasteiger partial charge >= 0.3 is 0 Å². The summed E-state index contributed by atoms with van der Waals surface area (Å²) in [4.78, 5) is 12.0. The van der Waals surface area contributed by atoms with Gasteiger partial charge in [-0.2, -0.15) is 0 Å². The van der Waals surface area contributed by atoms with Gasteiger partial charge in [0.2, 0.25) is 5.91 Å². The maximum atomic E-state index is 12.0. The van der Waals surface area contributed by atoms with Gasteiger partial charge in [0.1, 0.15) is 12.4 Å². The number of ether oxygens (including phenoxy) is 1. The quantitative estimate of drug-likeness (QED) is 0.568. The van der Waals surface area contributed by atoms with Gasteiger partial charge in [-0.1, -0.05) is 53.6 Å². The Hall–Kier alpha value is -2.98. The number of rotatable bonds is 8. The highest BCUT2D eigenvalue weighted by atomic mass is 35.5. The number of hydrogen-bond acceptors (Lipinski definition) is 3. The molecule has 3 aromatic rings. The van der Waals surface area contributed by atoms with Gasteiger partial charge in [0, 0.05) is 17.3 Å². The number of anilines is 1. The third-order valence-electron chi connectivity index (χ3n) is 4.24. The number of amides is 1. The van der Waals surface area contributed by atoms with Crippen LogP contribution in [0.4, 0.5) is 5.69 Å². The van der Waals surface area contributed by atoms with Crippen LogP contribution in [0.5, 0.6) is 5.75 Å². The first kappa shape index (κ1) is 19.8. The molecule has 4 nitrogen and oxygen atoms in total. The molecule has 0 aromatic heterocycles. The van der Waals surface area contributed by atoms with Gasteiger partial charge in [0.25, 0.3) is 0 Å². The van der Waals surface area contributed by atoms with Crippen LogP contribution >= 0.6 is 11.6 Å². The maximum Gasteiger partial charge on any atom is 0.239 e. The van der Waals surface area contributed by atoms with E-state index in [1.54, 1.807) is 0 Å². The zero-order valence-electron chi connectivity index (χ0n) is 15.7. The molecule has 1 amide bonds. The molecule has 0 spiro atoms. The highest BCUT2D eigenvalue weighted by Crippen LogP contribution is 2.17. The topological polar surface area (TPSA) is 50.4 Å². The molecular weight excluding hydrogens is 372 g/mol. The first-order valence-electron chi connectivity index (χ1n) is 9.12. The van der Waals surface area contributed by atoms with E-state index >= 15 is 0 Å². The van der Waals surface area contributed by atoms with Crippen LogP contribution in [0.2, 0.25) is 5.02 Å². The summed E-state index contributed by atoms with van der Waals surface area (Å²) in [5, 5.41) is 6.73. The molecule has 0 aliphatic heterocycles. The summed E-state index contributed by atoms with van der Waals surface area (Å²) in [5.74, 6) is 0.716. The maximum absolute atomic E-state index is 12.0. The predicted molar refractivity (Wildman–Crippen MR) is 114 cm³/mol. The summed E-state index contributed by atoms with van der Waals surface area (Å²) >= 11 is 5.88. The van der Waals surface area contributed by atoms with Crippen LogP contribution in [0.15, 0.2) is 72.8 Å². The van der Waals surface area contributed by atoms with E-state index in [2.05, 4.69) is 10.6 Å². The van der Waals surface area contributed by atoms with Gasteiger partial charge in [0.15, 0.2) is 0 Å². The molecule has 144 valence electrons. The standard InChI is InChI=1S/C23H23ClN2O2/c1-17-2-4-18(5-3-17)14-26-23(27)15-25-21-10-12-22(13-11-21)28-16-19-6-8-20(24)9-7-19/h2-13,25H,14-16H2,1H3,(H,26,27). The Morgan fingerprint density at radius 2 is 1.54 bits per heavy atom. The molecule has 0 saturated heterocycles. The second kappa shape index (κ2) is 9.81. The second-order valence-electron chi connectivity index (χ2n) is 6.56. The van der Waals surface area contributed by atoms with E-state index in [-0.39, 0.29) is 12.5 Å². The Bertz CT molecular complexity index is 891. The largest absolute Gasteiger partial charge is 0.489 e. The number of nitrogens with one attached hydrogen (secondary N) is 2. The van der Waals surface area contributed by atoms with Crippen molar-refractivity contribution < 1.29 is 9.53 Å². The summed E-state index contributed by atoms with van der Waals surface area (Å²) < 4.78 is 5.76. The number of hydrogen-bond donors (Lipinski definition) is 2. The molecule has 5 heteroatoms. The minimum absolute atomic E-state index is 0.0522. The lowest BCUT2D eigenvalue weighted by atomic mass is 10.1. The highest BCUT2D eigenvalue weighted by Gasteiger charge is 2.02. The highest BCUT2D eigenvalue weighted by molar-refractivity contribution is 6.30. The Labute approximate surface area is 170 Å². The van der Waals surface area contributed by atoms with E-state index in [4.69, 9.17) is 16.3 Å². The zero-order chi connectivity index (χ0) is 19.8. The molecule has 0 aliphatic rings. The number of benzene rings is 3. The number of carbonyl (C=O) groups is 1. The Morgan fingerprint density at radius 1 is 0.893 bits per heavy atom. The molecule has 0 radical (unpaired) electrons. The van der Waals surface area contributed by atoms with E-state index < -0.39 is 0 Å². The second-order valence-corrected chi connectivity index (χ2v) is 6.99. The third kappa shape index (κ3) is 6.32. The van der Waals surface area contributed by atoms with E-state index in [1.165, 1.54) is 5.56 Å². The van der Waals surface area contributed by atoms with Crippen LogP contribution in [-0.4, -0.2) is 12.5 Å². The smallest absolute Gasteiger partial charge is 0.239 e. The molecule has 0 heterocycles. The van der Waals surface area contributed by atoms with Crippen molar-refractivity contribution in [1.82, 2.24) is 5.32 Å². The van der Waals surface area contributed by atoms with Crippen LogP contribution in [0.3, 0.4) is 0 Å². The lowest BCUT2D eigenvalue weighted by molar-refractivity contribution is -0.119. The molecule has 3 aromatic carbocycles. The van der Waals surface area contributed by atoms with Gasteiger partial charge in [-0.3, -0.25) is 4.79 Å². The van der Waals surface area contributed by atoms with Crippen molar-refractivity contribution in [2.24, 2.45) is 0 Å². The van der Waals surface area contributed by atoms with E-state index in [0.29, 0.717) is 18.2 Å². The number of aryl methyl sites for hydroxylation is 1. The number of carbonyl (C=O) groups excluding carboxylic acids is 1. The van der Waals surface area contributed by atoms with Gasteiger partial charge in [-0.15, -0.1) is 0 Å².